The Balaban J connectivity index is -0.000000898. The van der Waals surface area contributed by atoms with Crippen molar-refractivity contribution in [1.82, 2.24) is 16.5 Å². The largest absolute Gasteiger partial charge is 0.512 e. The van der Waals surface area contributed by atoms with Crippen molar-refractivity contribution in [1.29, 1.82) is 0 Å². The third kappa shape index (κ3) is 19.7. The lowest BCUT2D eigenvalue weighted by Gasteiger charge is -2.43. The highest BCUT2D eigenvalue weighted by Gasteiger charge is 3.00. The second-order valence-corrected chi connectivity index (χ2v) is 35.3. The summed E-state index contributed by atoms with van der Waals surface area (Å²) in [4.78, 5) is 0. The summed E-state index contributed by atoms with van der Waals surface area (Å²) >= 11 is 0. The van der Waals surface area contributed by atoms with Crippen LogP contribution >= 0.6 is 0 Å². The lowest BCUT2D eigenvalue weighted by Crippen LogP contribution is -2.76. The number of hydrogen-bond donors (Lipinski definition) is 4. The number of sulfonamides is 8. The molecule has 0 radical (unpaired) electrons. The first kappa shape index (κ1) is 127. The van der Waals surface area contributed by atoms with Gasteiger partial charge < -0.3 is 0 Å². The number of halogens is 68. The van der Waals surface area contributed by atoms with Gasteiger partial charge in [-0.3, -0.25) is 0 Å². The van der Waals surface area contributed by atoms with Crippen LogP contribution in [0.15, 0.2) is 0 Å². The average Bonchev–Trinajstić information content (AvgIpc) is 0.687. The van der Waals surface area contributed by atoms with Crippen molar-refractivity contribution in [3.63, 3.8) is 0 Å². The zero-order valence-electron chi connectivity index (χ0n) is 52.5. The van der Waals surface area contributed by atoms with E-state index in [0.717, 1.165) is 0 Å². The predicted octanol–water partition coefficient (Wildman–Crippen LogP) is 15.1. The zero-order chi connectivity index (χ0) is 106. The second-order valence-electron chi connectivity index (χ2n) is 20.5. The van der Waals surface area contributed by atoms with Crippen molar-refractivity contribution >= 4 is 80.2 Å². The molecule has 0 atom stereocenters. The molecule has 0 aliphatic carbocycles. The first-order valence-electron chi connectivity index (χ1n) is 24.3. The van der Waals surface area contributed by atoms with Crippen molar-refractivity contribution in [2.75, 3.05) is 0 Å². The number of nitrogens with one attached hydrogen (secondary N) is 4. The van der Waals surface area contributed by atoms with Gasteiger partial charge in [0.05, 0.1) is 0 Å². The van der Waals surface area contributed by atoms with E-state index in [2.05, 4.69) is 0 Å². The van der Waals surface area contributed by atoms with Crippen molar-refractivity contribution in [2.24, 2.45) is 0 Å². The fourth-order valence-corrected chi connectivity index (χ4v) is 15.3. The number of alkyl halides is 68. The fraction of sp³-hybridized carbons (Fsp3) is 1.00. The molecular formula is C30H4F68N4O16S8. The number of hydrogen-bond acceptors (Lipinski definition) is 16. The quantitative estimate of drug-likeness (QED) is 0.0486. The lowest BCUT2D eigenvalue weighted by atomic mass is 9.91. The molecule has 0 rings (SSSR count). The fourth-order valence-electron chi connectivity index (χ4n) is 4.99. The first-order valence-corrected chi connectivity index (χ1v) is 36.1. The summed E-state index contributed by atoms with van der Waals surface area (Å²) in [7, 11) is -65.3. The summed E-state index contributed by atoms with van der Waals surface area (Å²) in [5.74, 6) is -147. The van der Waals surface area contributed by atoms with Gasteiger partial charge in [0.2, 0.25) is 0 Å². The zero-order valence-corrected chi connectivity index (χ0v) is 59.0. The van der Waals surface area contributed by atoms with Gasteiger partial charge in [0.1, 0.15) is 0 Å². The molecule has 0 heterocycles. The van der Waals surface area contributed by atoms with Gasteiger partial charge in [-0.2, -0.15) is 299 Å². The van der Waals surface area contributed by atoms with Crippen LogP contribution in [0.3, 0.4) is 0 Å². The topological polar surface area (TPSA) is 321 Å². The predicted molar refractivity (Wildman–Crippen MR) is 241 cm³/mol. The molecule has 20 nitrogen and oxygen atoms in total. The van der Waals surface area contributed by atoms with Crippen molar-refractivity contribution in [3.8, 4) is 0 Å². The molecule has 0 aliphatic heterocycles. The van der Waals surface area contributed by atoms with Gasteiger partial charge in [-0.1, -0.05) is 16.5 Å². The highest BCUT2D eigenvalue weighted by atomic mass is 32.3. The van der Waals surface area contributed by atoms with Crippen LogP contribution in [-0.4, -0.2) is 242 Å². The van der Waals surface area contributed by atoms with Crippen LogP contribution in [0.2, 0.25) is 0 Å². The Morgan fingerprint density at radius 2 is 0.190 bits per heavy atom. The Hall–Kier alpha value is -5.32. The average molecular weight is 2220 g/mol. The molecule has 0 bridgehead atoms. The molecule has 0 aliphatic rings. The van der Waals surface area contributed by atoms with Gasteiger partial charge in [0.15, 0.2) is 0 Å². The van der Waals surface area contributed by atoms with E-state index in [0.29, 0.717) is 0 Å². The summed E-state index contributed by atoms with van der Waals surface area (Å²) in [6.07, 6.45) is -46.2. The van der Waals surface area contributed by atoms with Gasteiger partial charge >= 0.3 is 194 Å². The van der Waals surface area contributed by atoms with Crippen LogP contribution in [0.25, 0.3) is 0 Å². The molecule has 764 valence electrons. The van der Waals surface area contributed by atoms with E-state index in [1.54, 1.807) is 0 Å². The highest BCUT2D eigenvalue weighted by molar-refractivity contribution is 8.07. The van der Waals surface area contributed by atoms with Crippen molar-refractivity contribution in [2.45, 2.75) is 174 Å². The molecule has 0 amide bonds. The van der Waals surface area contributed by atoms with Crippen LogP contribution in [0.4, 0.5) is 299 Å². The molecule has 96 heteroatoms. The minimum Gasteiger partial charge on any atom is -0.205 e. The maximum Gasteiger partial charge on any atom is 0.512 e. The molecule has 0 saturated carbocycles. The Morgan fingerprint density at radius 3 is 0.302 bits per heavy atom. The third-order valence-corrected chi connectivity index (χ3v) is 25.6. The summed E-state index contributed by atoms with van der Waals surface area (Å²) in [5, 5.41) is -49.0. The first-order chi connectivity index (χ1) is 52.3. The molecule has 0 aromatic heterocycles. The van der Waals surface area contributed by atoms with E-state index in [1.807, 2.05) is 0 Å². The second kappa shape index (κ2) is 32.8. The summed E-state index contributed by atoms with van der Waals surface area (Å²) in [5.41, 5.74) is -12.3. The Labute approximate surface area is 636 Å². The van der Waals surface area contributed by atoms with E-state index in [-0.39, 0.29) is 0 Å². The standard InChI is InChI=1S/C16HF34NO4S2.C8HF18NO4S2.C4HF10NO4S2.C2HF6NO4S2/c17-1(18,5(25,26)9(33,34)13(41,42)43)3(21,22)7(29,30)11(37,38)15(47,48)56(52,53)51-57(54,55)16(49,50)12(39,40)8(31,32)4(23,24)2(19,20)6(27,28)10(35,36)14(44,45)46;9-1(10,5(17,18)19)3(13,14)7(23,24)32(28,29)27-33(30,31)8(25,26)4(15,16)2(11,12)6(20,21)22;5-1(6,7)3(11,12)20(16,17)15-21(18,19)4(13,14)2(8,9)10;3-1(4,5)14(10,11)9-15(12,13)2(6,7)8/h51H;27H;15H;9H. The SMILES string of the molecule is O=S(=O)(NS(=O)(=O)C(F)(F)C(F)(F)C(F)(F)C(F)(F)C(F)(F)C(F)(F)C(F)(F)C(F)(F)F)C(F)(F)C(F)(F)C(F)(F)C(F)(F)C(F)(F)C(F)(F)C(F)(F)C(F)(F)F.O=S(=O)(NS(=O)(=O)C(F)(F)C(F)(F)C(F)(F)C(F)(F)F)C(F)(F)C(F)(F)C(F)(F)C(F)(F)F.O=S(=O)(NS(=O)(=O)C(F)(F)C(F)(F)F)C(F)(F)C(F)(F)F.O=S(=O)(NS(=O)(=O)C(F)(F)F)C(F)(F)F. The maximum absolute atomic E-state index is 14.0. The highest BCUT2D eigenvalue weighted by Crippen LogP contribution is 2.68. The molecule has 0 saturated heterocycles. The summed E-state index contributed by atoms with van der Waals surface area (Å²) in [6.45, 7) is 0. The Kier molecular flexibility index (Phi) is 33.1. The van der Waals surface area contributed by atoms with Crippen LogP contribution < -0.4 is 16.5 Å². The minimum absolute atomic E-state index is 0.493. The van der Waals surface area contributed by atoms with Crippen LogP contribution in [0.5, 0.6) is 0 Å². The molecule has 0 fully saturated rings. The van der Waals surface area contributed by atoms with Gasteiger partial charge in [-0.15, -0.1) is 0 Å². The Bertz CT molecular complexity index is 4560. The van der Waals surface area contributed by atoms with E-state index < -0.39 is 271 Å². The maximum atomic E-state index is 14.0. The van der Waals surface area contributed by atoms with Gasteiger partial charge in [-0.05, 0) is 0 Å². The van der Waals surface area contributed by atoms with E-state index in [1.165, 1.54) is 0 Å². The minimum atomic E-state index is -9.90. The molecule has 0 aromatic carbocycles. The van der Waals surface area contributed by atoms with E-state index in [9.17, 15) is 366 Å². The molecule has 4 N–H and O–H groups in total. The summed E-state index contributed by atoms with van der Waals surface area (Å²) < 4.78 is 1030. The van der Waals surface area contributed by atoms with E-state index in [4.69, 9.17) is 0 Å². The normalized spacial score (nSPS) is 16.7. The molecule has 0 unspecified atom stereocenters. The summed E-state index contributed by atoms with van der Waals surface area (Å²) in [6, 6.07) is 0. The van der Waals surface area contributed by atoms with Crippen molar-refractivity contribution < 1.29 is 366 Å². The van der Waals surface area contributed by atoms with Gasteiger partial charge in [-0.25, -0.2) is 67.3 Å². The molecule has 0 spiro atoms. The van der Waals surface area contributed by atoms with Crippen LogP contribution in [0, 0.1) is 0 Å². The molecular weight excluding hydrogens is 2220 g/mol. The third-order valence-electron chi connectivity index (χ3n) is 11.8. The smallest absolute Gasteiger partial charge is 0.205 e. The van der Waals surface area contributed by atoms with Crippen LogP contribution in [-0.2, 0) is 80.2 Å². The van der Waals surface area contributed by atoms with Gasteiger partial charge in [0, 0.05) is 0 Å². The Morgan fingerprint density at radius 1 is 0.103 bits per heavy atom. The van der Waals surface area contributed by atoms with Gasteiger partial charge in [0.25, 0.3) is 60.1 Å². The van der Waals surface area contributed by atoms with E-state index >= 15 is 0 Å². The molecule has 0 aromatic rings. The lowest BCUT2D eigenvalue weighted by molar-refractivity contribution is -0.458. The molecule has 126 heavy (non-hydrogen) atoms. The monoisotopic (exact) mass is 2220 g/mol. The van der Waals surface area contributed by atoms with Crippen molar-refractivity contribution in [3.05, 3.63) is 0 Å². The number of rotatable bonds is 30. The van der Waals surface area contributed by atoms with Crippen LogP contribution in [0.1, 0.15) is 0 Å².